The van der Waals surface area contributed by atoms with E-state index < -0.39 is 0 Å². The van der Waals surface area contributed by atoms with Crippen molar-refractivity contribution < 1.29 is 9.59 Å². The highest BCUT2D eigenvalue weighted by molar-refractivity contribution is 5.85. The second-order valence-electron chi connectivity index (χ2n) is 4.98. The van der Waals surface area contributed by atoms with Gasteiger partial charge in [-0.05, 0) is 18.3 Å². The van der Waals surface area contributed by atoms with Crippen molar-refractivity contribution in [3.05, 3.63) is 0 Å². The van der Waals surface area contributed by atoms with E-state index in [0.717, 1.165) is 19.3 Å². The van der Waals surface area contributed by atoms with Gasteiger partial charge in [-0.3, -0.25) is 9.59 Å². The summed E-state index contributed by atoms with van der Waals surface area (Å²) in [6.07, 6.45) is 3.30. The summed E-state index contributed by atoms with van der Waals surface area (Å²) in [6, 6.07) is 0.217. The molecule has 0 spiro atoms. The van der Waals surface area contributed by atoms with E-state index in [-0.39, 0.29) is 48.8 Å². The molecule has 1 fully saturated rings. The summed E-state index contributed by atoms with van der Waals surface area (Å²) in [6.45, 7) is 4.25. The molecular formula is C11H22ClN3O2. The van der Waals surface area contributed by atoms with Crippen LogP contribution in [0.25, 0.3) is 0 Å². The van der Waals surface area contributed by atoms with Crippen molar-refractivity contribution in [2.45, 2.75) is 39.2 Å². The SMILES string of the molecule is CC1(C)CCCC1NC(=O)CNC(=O)CN.Cl. The first kappa shape index (κ1) is 16.2. The van der Waals surface area contributed by atoms with Gasteiger partial charge in [0.25, 0.3) is 0 Å². The van der Waals surface area contributed by atoms with Crippen LogP contribution in [0.1, 0.15) is 33.1 Å². The molecule has 0 heterocycles. The molecule has 17 heavy (non-hydrogen) atoms. The van der Waals surface area contributed by atoms with Gasteiger partial charge < -0.3 is 16.4 Å². The third-order valence-electron chi connectivity index (χ3n) is 3.22. The molecule has 0 radical (unpaired) electrons. The fourth-order valence-electron chi connectivity index (χ4n) is 2.09. The van der Waals surface area contributed by atoms with Crippen LogP contribution >= 0.6 is 12.4 Å². The van der Waals surface area contributed by atoms with E-state index in [0.29, 0.717) is 0 Å². The van der Waals surface area contributed by atoms with Crippen LogP contribution in [-0.2, 0) is 9.59 Å². The lowest BCUT2D eigenvalue weighted by Gasteiger charge is -2.27. The van der Waals surface area contributed by atoms with Crippen LogP contribution < -0.4 is 16.4 Å². The molecule has 0 aromatic carbocycles. The lowest BCUT2D eigenvalue weighted by atomic mass is 9.87. The molecule has 1 rings (SSSR count). The largest absolute Gasteiger partial charge is 0.351 e. The van der Waals surface area contributed by atoms with Gasteiger partial charge in [0.05, 0.1) is 13.1 Å². The number of nitrogens with one attached hydrogen (secondary N) is 2. The second-order valence-corrected chi connectivity index (χ2v) is 4.98. The third kappa shape index (κ3) is 4.91. The second kappa shape index (κ2) is 6.81. The molecule has 6 heteroatoms. The summed E-state index contributed by atoms with van der Waals surface area (Å²) in [5, 5.41) is 5.41. The van der Waals surface area contributed by atoms with Gasteiger partial charge in [-0.25, -0.2) is 0 Å². The molecule has 1 aliphatic rings. The van der Waals surface area contributed by atoms with E-state index in [2.05, 4.69) is 24.5 Å². The molecule has 0 saturated heterocycles. The Kier molecular flexibility index (Phi) is 6.49. The molecule has 1 unspecified atom stereocenters. The van der Waals surface area contributed by atoms with Gasteiger partial charge in [-0.15, -0.1) is 12.4 Å². The molecule has 4 N–H and O–H groups in total. The van der Waals surface area contributed by atoms with Crippen molar-refractivity contribution in [1.82, 2.24) is 10.6 Å². The zero-order valence-electron chi connectivity index (χ0n) is 10.4. The minimum atomic E-state index is -0.305. The number of halogens is 1. The Hall–Kier alpha value is -0.810. The Morgan fingerprint density at radius 2 is 2.00 bits per heavy atom. The predicted molar refractivity (Wildman–Crippen MR) is 68.9 cm³/mol. The Morgan fingerprint density at radius 1 is 1.35 bits per heavy atom. The lowest BCUT2D eigenvalue weighted by molar-refractivity contribution is -0.126. The molecule has 1 atom stereocenters. The molecule has 5 nitrogen and oxygen atoms in total. The lowest BCUT2D eigenvalue weighted by Crippen LogP contribution is -2.46. The van der Waals surface area contributed by atoms with Crippen LogP contribution in [0, 0.1) is 5.41 Å². The van der Waals surface area contributed by atoms with Crippen LogP contribution in [0.5, 0.6) is 0 Å². The van der Waals surface area contributed by atoms with E-state index in [1.807, 2.05) is 0 Å². The molecule has 100 valence electrons. The van der Waals surface area contributed by atoms with Crippen LogP contribution in [0.15, 0.2) is 0 Å². The summed E-state index contributed by atoms with van der Waals surface area (Å²) in [7, 11) is 0. The number of nitrogens with two attached hydrogens (primary N) is 1. The standard InChI is InChI=1S/C11H21N3O2.ClH/c1-11(2)5-3-4-8(11)14-10(16)7-13-9(15)6-12;/h8H,3-7,12H2,1-2H3,(H,13,15)(H,14,16);1H. The number of amides is 2. The summed E-state index contributed by atoms with van der Waals surface area (Å²) >= 11 is 0. The minimum Gasteiger partial charge on any atom is -0.351 e. The fourth-order valence-corrected chi connectivity index (χ4v) is 2.09. The summed E-state index contributed by atoms with van der Waals surface area (Å²) in [5.41, 5.74) is 5.28. The fraction of sp³-hybridized carbons (Fsp3) is 0.818. The maximum Gasteiger partial charge on any atom is 0.239 e. The number of hydrogen-bond acceptors (Lipinski definition) is 3. The molecular weight excluding hydrogens is 242 g/mol. The van der Waals surface area contributed by atoms with Gasteiger partial charge in [0.2, 0.25) is 11.8 Å². The van der Waals surface area contributed by atoms with Crippen molar-refractivity contribution >= 4 is 24.2 Å². The van der Waals surface area contributed by atoms with Gasteiger partial charge in [0.1, 0.15) is 0 Å². The van der Waals surface area contributed by atoms with Crippen LogP contribution in [0.4, 0.5) is 0 Å². The van der Waals surface area contributed by atoms with E-state index in [1.54, 1.807) is 0 Å². The maximum atomic E-state index is 11.5. The van der Waals surface area contributed by atoms with Crippen LogP contribution in [-0.4, -0.2) is 30.9 Å². The van der Waals surface area contributed by atoms with E-state index in [4.69, 9.17) is 5.73 Å². The Bertz CT molecular complexity index is 282. The first-order chi connectivity index (χ1) is 7.45. The quantitative estimate of drug-likeness (QED) is 0.676. The summed E-state index contributed by atoms with van der Waals surface area (Å²) in [4.78, 5) is 22.4. The van der Waals surface area contributed by atoms with E-state index in [1.165, 1.54) is 0 Å². The van der Waals surface area contributed by atoms with E-state index in [9.17, 15) is 9.59 Å². The number of carbonyl (C=O) groups excluding carboxylic acids is 2. The molecule has 2 amide bonds. The summed E-state index contributed by atoms with van der Waals surface area (Å²) in [5.74, 6) is -0.442. The highest BCUT2D eigenvalue weighted by Crippen LogP contribution is 2.36. The summed E-state index contributed by atoms with van der Waals surface area (Å²) < 4.78 is 0. The normalized spacial score (nSPS) is 21.5. The molecule has 0 aliphatic heterocycles. The monoisotopic (exact) mass is 263 g/mol. The number of hydrogen-bond donors (Lipinski definition) is 3. The van der Waals surface area contributed by atoms with Crippen molar-refractivity contribution in [3.8, 4) is 0 Å². The van der Waals surface area contributed by atoms with Crippen molar-refractivity contribution in [2.24, 2.45) is 11.1 Å². The molecule has 0 aromatic heterocycles. The minimum absolute atomic E-state index is 0. The van der Waals surface area contributed by atoms with Crippen molar-refractivity contribution in [3.63, 3.8) is 0 Å². The topological polar surface area (TPSA) is 84.2 Å². The third-order valence-corrected chi connectivity index (χ3v) is 3.22. The Morgan fingerprint density at radius 3 is 2.47 bits per heavy atom. The molecule has 0 bridgehead atoms. The maximum absolute atomic E-state index is 11.5. The first-order valence-corrected chi connectivity index (χ1v) is 5.72. The zero-order chi connectivity index (χ0) is 12.2. The van der Waals surface area contributed by atoms with Gasteiger partial charge in [0, 0.05) is 6.04 Å². The number of rotatable bonds is 4. The Labute approximate surface area is 108 Å². The van der Waals surface area contributed by atoms with Gasteiger partial charge >= 0.3 is 0 Å². The first-order valence-electron chi connectivity index (χ1n) is 5.72. The molecule has 0 aromatic rings. The van der Waals surface area contributed by atoms with Crippen LogP contribution in [0.3, 0.4) is 0 Å². The van der Waals surface area contributed by atoms with Gasteiger partial charge in [-0.2, -0.15) is 0 Å². The van der Waals surface area contributed by atoms with Crippen molar-refractivity contribution in [2.75, 3.05) is 13.1 Å². The van der Waals surface area contributed by atoms with Gasteiger partial charge in [0.15, 0.2) is 0 Å². The highest BCUT2D eigenvalue weighted by Gasteiger charge is 2.35. The molecule has 1 saturated carbocycles. The van der Waals surface area contributed by atoms with E-state index >= 15 is 0 Å². The average Bonchev–Trinajstić information content (AvgIpc) is 2.55. The highest BCUT2D eigenvalue weighted by atomic mass is 35.5. The predicted octanol–water partition coefficient (Wildman–Crippen LogP) is 0.178. The van der Waals surface area contributed by atoms with Gasteiger partial charge in [-0.1, -0.05) is 20.3 Å². The zero-order valence-corrected chi connectivity index (χ0v) is 11.2. The Balaban J connectivity index is 0.00000256. The average molecular weight is 264 g/mol. The van der Waals surface area contributed by atoms with Crippen LogP contribution in [0.2, 0.25) is 0 Å². The smallest absolute Gasteiger partial charge is 0.239 e. The number of carbonyl (C=O) groups is 2. The molecule has 1 aliphatic carbocycles. The van der Waals surface area contributed by atoms with Crippen molar-refractivity contribution in [1.29, 1.82) is 0 Å².